The van der Waals surface area contributed by atoms with Gasteiger partial charge in [-0.3, -0.25) is 4.79 Å². The molecular weight excluding hydrogens is 474 g/mol. The predicted octanol–water partition coefficient (Wildman–Crippen LogP) is 5.15. The summed E-state index contributed by atoms with van der Waals surface area (Å²) in [5.74, 6) is -0.469. The lowest BCUT2D eigenvalue weighted by atomic mass is 10.1. The molecule has 3 aromatic carbocycles. The number of hydrogen-bond donors (Lipinski definition) is 1. The fourth-order valence-corrected chi connectivity index (χ4v) is 3.64. The third-order valence-corrected chi connectivity index (χ3v) is 5.34. The van der Waals surface area contributed by atoms with E-state index in [1.54, 1.807) is 17.0 Å². The molecule has 0 heterocycles. The van der Waals surface area contributed by atoms with Crippen molar-refractivity contribution in [2.24, 2.45) is 0 Å². The third-order valence-electron chi connectivity index (χ3n) is 4.71. The van der Waals surface area contributed by atoms with Gasteiger partial charge in [-0.25, -0.2) is 4.79 Å². The van der Waals surface area contributed by atoms with Crippen molar-refractivity contribution in [1.82, 2.24) is 4.90 Å². The van der Waals surface area contributed by atoms with E-state index in [9.17, 15) is 14.7 Å². The molecule has 0 aliphatic carbocycles. The molecule has 0 bridgehead atoms. The second-order valence-corrected chi connectivity index (χ2v) is 7.88. The van der Waals surface area contributed by atoms with Crippen molar-refractivity contribution in [1.29, 1.82) is 0 Å². The van der Waals surface area contributed by atoms with E-state index < -0.39 is 5.97 Å². The monoisotopic (exact) mass is 497 g/mol. The number of carbonyl (C=O) groups excluding carboxylic acids is 1. The number of halogens is 1. The fraction of sp³-hybridized carbons (Fsp3) is 0.200. The van der Waals surface area contributed by atoms with Gasteiger partial charge in [0.2, 0.25) is 0 Å². The molecule has 0 aliphatic heterocycles. The number of carboxylic acid groups (broad SMARTS) is 1. The lowest BCUT2D eigenvalue weighted by molar-refractivity contribution is -0.134. The molecule has 0 aromatic heterocycles. The zero-order valence-corrected chi connectivity index (χ0v) is 19.2. The zero-order chi connectivity index (χ0) is 22.9. The molecule has 7 heteroatoms. The van der Waals surface area contributed by atoms with Crippen LogP contribution in [0.3, 0.4) is 0 Å². The lowest BCUT2D eigenvalue weighted by Gasteiger charge is -2.24. The zero-order valence-electron chi connectivity index (χ0n) is 17.7. The highest BCUT2D eigenvalue weighted by Crippen LogP contribution is 2.29. The van der Waals surface area contributed by atoms with Gasteiger partial charge in [-0.1, -0.05) is 48.5 Å². The van der Waals surface area contributed by atoms with Crippen molar-refractivity contribution in [3.63, 3.8) is 0 Å². The van der Waals surface area contributed by atoms with Gasteiger partial charge < -0.3 is 19.5 Å². The molecule has 0 unspecified atom stereocenters. The summed E-state index contributed by atoms with van der Waals surface area (Å²) in [6.45, 7) is 3.01. The maximum Gasteiger partial charge on any atom is 0.339 e. The van der Waals surface area contributed by atoms with Crippen LogP contribution >= 0.6 is 15.9 Å². The Hall–Kier alpha value is -3.32. The smallest absolute Gasteiger partial charge is 0.339 e. The van der Waals surface area contributed by atoms with Gasteiger partial charge in [0.05, 0.1) is 11.1 Å². The van der Waals surface area contributed by atoms with Crippen molar-refractivity contribution in [2.45, 2.75) is 20.0 Å². The minimum Gasteiger partial charge on any atom is -0.494 e. The Labute approximate surface area is 195 Å². The van der Waals surface area contributed by atoms with Crippen LogP contribution in [-0.4, -0.2) is 35.1 Å². The minimum atomic E-state index is -1.12. The fourth-order valence-electron chi connectivity index (χ4n) is 3.16. The standard InChI is InChI=1S/C25H24BrNO5/c1-2-31-20-13-11-19(12-14-20)16-27(15-18-7-4-3-5-8-18)23(28)17-32-24-21(25(29)30)9-6-10-22(24)26/h3-14H,2,15-17H2,1H3,(H,29,30). The summed E-state index contributed by atoms with van der Waals surface area (Å²) in [4.78, 5) is 26.3. The van der Waals surface area contributed by atoms with Gasteiger partial charge >= 0.3 is 5.97 Å². The van der Waals surface area contributed by atoms with Gasteiger partial charge in [-0.15, -0.1) is 0 Å². The van der Waals surface area contributed by atoms with Crippen molar-refractivity contribution in [2.75, 3.05) is 13.2 Å². The molecule has 0 fully saturated rings. The van der Waals surface area contributed by atoms with E-state index in [4.69, 9.17) is 9.47 Å². The summed E-state index contributed by atoms with van der Waals surface area (Å²) in [5, 5.41) is 9.41. The van der Waals surface area contributed by atoms with Crippen LogP contribution in [0.2, 0.25) is 0 Å². The van der Waals surface area contributed by atoms with E-state index in [2.05, 4.69) is 15.9 Å². The molecule has 1 N–H and O–H groups in total. The van der Waals surface area contributed by atoms with Crippen LogP contribution in [0.1, 0.15) is 28.4 Å². The average Bonchev–Trinajstić information content (AvgIpc) is 2.79. The SMILES string of the molecule is CCOc1ccc(CN(Cc2ccccc2)C(=O)COc2c(Br)cccc2C(=O)O)cc1. The average molecular weight is 498 g/mol. The highest BCUT2D eigenvalue weighted by atomic mass is 79.9. The van der Waals surface area contributed by atoms with E-state index in [0.29, 0.717) is 24.2 Å². The first-order valence-corrected chi connectivity index (χ1v) is 10.9. The van der Waals surface area contributed by atoms with Crippen molar-refractivity contribution in [3.8, 4) is 11.5 Å². The van der Waals surface area contributed by atoms with Gasteiger partial charge in [0, 0.05) is 13.1 Å². The van der Waals surface area contributed by atoms with Gasteiger partial charge in [0.25, 0.3) is 5.91 Å². The quantitative estimate of drug-likeness (QED) is 0.418. The molecule has 0 aliphatic rings. The van der Waals surface area contributed by atoms with Gasteiger partial charge in [-0.05, 0) is 58.2 Å². The Bertz CT molecular complexity index is 1050. The maximum atomic E-state index is 13.1. The first-order valence-electron chi connectivity index (χ1n) is 10.2. The molecule has 166 valence electrons. The molecular formula is C25H24BrNO5. The van der Waals surface area contributed by atoms with E-state index in [1.807, 2.05) is 61.5 Å². The van der Waals surface area contributed by atoms with Crippen molar-refractivity contribution in [3.05, 3.63) is 94.0 Å². The van der Waals surface area contributed by atoms with Gasteiger partial charge in [0.15, 0.2) is 6.61 Å². The normalized spacial score (nSPS) is 10.4. The number of para-hydroxylation sites is 1. The highest BCUT2D eigenvalue weighted by Gasteiger charge is 2.19. The van der Waals surface area contributed by atoms with Crippen molar-refractivity contribution >= 4 is 27.8 Å². The van der Waals surface area contributed by atoms with Crippen LogP contribution in [0.4, 0.5) is 0 Å². The van der Waals surface area contributed by atoms with Crippen LogP contribution in [0.5, 0.6) is 11.5 Å². The van der Waals surface area contributed by atoms with Crippen LogP contribution in [-0.2, 0) is 17.9 Å². The highest BCUT2D eigenvalue weighted by molar-refractivity contribution is 9.10. The second kappa shape index (κ2) is 11.3. The Kier molecular flexibility index (Phi) is 8.27. The number of hydrogen-bond acceptors (Lipinski definition) is 4. The largest absolute Gasteiger partial charge is 0.494 e. The molecule has 32 heavy (non-hydrogen) atoms. The lowest BCUT2D eigenvalue weighted by Crippen LogP contribution is -2.34. The summed E-state index contributed by atoms with van der Waals surface area (Å²) in [6.07, 6.45) is 0. The Morgan fingerprint density at radius 2 is 1.53 bits per heavy atom. The van der Waals surface area contributed by atoms with E-state index in [-0.39, 0.29) is 23.8 Å². The first-order chi connectivity index (χ1) is 15.5. The molecule has 6 nitrogen and oxygen atoms in total. The number of rotatable bonds is 10. The second-order valence-electron chi connectivity index (χ2n) is 7.02. The summed E-state index contributed by atoms with van der Waals surface area (Å²) in [6, 6.07) is 22.0. The number of aromatic carboxylic acids is 1. The molecule has 3 rings (SSSR count). The minimum absolute atomic E-state index is 0.00621. The third kappa shape index (κ3) is 6.34. The van der Waals surface area contributed by atoms with E-state index in [0.717, 1.165) is 16.9 Å². The number of carbonyl (C=O) groups is 2. The van der Waals surface area contributed by atoms with Gasteiger partial charge in [-0.2, -0.15) is 0 Å². The van der Waals surface area contributed by atoms with Crippen LogP contribution in [0, 0.1) is 0 Å². The summed E-state index contributed by atoms with van der Waals surface area (Å²) in [7, 11) is 0. The molecule has 0 radical (unpaired) electrons. The Morgan fingerprint density at radius 1 is 0.875 bits per heavy atom. The summed E-state index contributed by atoms with van der Waals surface area (Å²) >= 11 is 3.30. The van der Waals surface area contributed by atoms with Crippen molar-refractivity contribution < 1.29 is 24.2 Å². The van der Waals surface area contributed by atoms with Crippen LogP contribution in [0.15, 0.2) is 77.3 Å². The number of benzene rings is 3. The van der Waals surface area contributed by atoms with Crippen LogP contribution < -0.4 is 9.47 Å². The number of ether oxygens (including phenoxy) is 2. The molecule has 0 saturated heterocycles. The van der Waals surface area contributed by atoms with E-state index in [1.165, 1.54) is 6.07 Å². The molecule has 1 amide bonds. The molecule has 3 aromatic rings. The topological polar surface area (TPSA) is 76.1 Å². The van der Waals surface area contributed by atoms with E-state index >= 15 is 0 Å². The molecule has 0 spiro atoms. The number of nitrogens with zero attached hydrogens (tertiary/aromatic N) is 1. The van der Waals surface area contributed by atoms with Crippen LogP contribution in [0.25, 0.3) is 0 Å². The molecule has 0 saturated carbocycles. The summed E-state index contributed by atoms with van der Waals surface area (Å²) < 4.78 is 11.6. The predicted molar refractivity (Wildman–Crippen MR) is 125 cm³/mol. The Balaban J connectivity index is 1.77. The number of carboxylic acids is 1. The number of amides is 1. The first kappa shape index (κ1) is 23.3. The Morgan fingerprint density at radius 3 is 2.16 bits per heavy atom. The maximum absolute atomic E-state index is 13.1. The summed E-state index contributed by atoms with van der Waals surface area (Å²) in [5.41, 5.74) is 1.93. The van der Waals surface area contributed by atoms with Gasteiger partial charge in [0.1, 0.15) is 17.1 Å². The molecule has 0 atom stereocenters.